The fourth-order valence-electron chi connectivity index (χ4n) is 5.41. The summed E-state index contributed by atoms with van der Waals surface area (Å²) in [5, 5.41) is 3.47. The minimum Gasteiger partial charge on any atom is -0.380 e. The van der Waals surface area contributed by atoms with Crippen LogP contribution in [0.2, 0.25) is 0 Å². The minimum absolute atomic E-state index is 0.0417. The summed E-state index contributed by atoms with van der Waals surface area (Å²) in [6.45, 7) is 5.72. The van der Waals surface area contributed by atoms with Gasteiger partial charge in [0.2, 0.25) is 5.91 Å². The van der Waals surface area contributed by atoms with E-state index in [9.17, 15) is 18.0 Å². The number of halogens is 3. The second-order valence-electron chi connectivity index (χ2n) is 10.5. The topological polar surface area (TPSA) is 48.5 Å². The molecule has 1 amide bonds. The Balaban J connectivity index is 1.30. The second kappa shape index (κ2) is 8.56. The number of fused-ring (bicyclic) bond motifs is 1. The maximum Gasteiger partial charge on any atom is 0.414 e. The van der Waals surface area contributed by atoms with Crippen molar-refractivity contribution in [1.82, 2.24) is 14.8 Å². The molecule has 1 saturated carbocycles. The molecule has 34 heavy (non-hydrogen) atoms. The number of rotatable bonds is 6. The predicted octanol–water partition coefficient (Wildman–Crippen LogP) is 4.55. The number of pyridine rings is 1. The van der Waals surface area contributed by atoms with Gasteiger partial charge in [-0.15, -0.1) is 0 Å². The third-order valence-electron chi connectivity index (χ3n) is 7.59. The number of alkyl halides is 3. The molecule has 2 atom stereocenters. The summed E-state index contributed by atoms with van der Waals surface area (Å²) in [4.78, 5) is 19.8. The molecule has 2 heterocycles. The van der Waals surface area contributed by atoms with E-state index in [0.29, 0.717) is 18.2 Å². The Labute approximate surface area is 198 Å². The molecule has 1 aliphatic heterocycles. The van der Waals surface area contributed by atoms with Gasteiger partial charge in [0, 0.05) is 31.1 Å². The molecule has 182 valence electrons. The number of anilines is 1. The van der Waals surface area contributed by atoms with E-state index in [0.717, 1.165) is 30.7 Å². The van der Waals surface area contributed by atoms with Crippen LogP contribution in [0.4, 0.5) is 18.9 Å². The highest BCUT2D eigenvalue weighted by atomic mass is 19.4. The summed E-state index contributed by atoms with van der Waals surface area (Å²) in [5.41, 5.74) is 2.99. The Morgan fingerprint density at radius 1 is 1.15 bits per heavy atom. The lowest BCUT2D eigenvalue weighted by molar-refractivity contribution is -0.196. The number of carbonyl (C=O) groups excluding carboxylic acids is 1. The van der Waals surface area contributed by atoms with Gasteiger partial charge in [0.25, 0.3) is 0 Å². The van der Waals surface area contributed by atoms with Crippen LogP contribution < -0.4 is 5.32 Å². The van der Waals surface area contributed by atoms with Gasteiger partial charge in [-0.1, -0.05) is 38.1 Å². The fraction of sp³-hybridized carbons (Fsp3) is 0.538. The Morgan fingerprint density at radius 2 is 1.91 bits per heavy atom. The summed E-state index contributed by atoms with van der Waals surface area (Å²) in [6.07, 6.45) is 0.00405. The van der Waals surface area contributed by atoms with Crippen molar-refractivity contribution in [2.45, 2.75) is 56.8 Å². The van der Waals surface area contributed by atoms with Crippen LogP contribution in [-0.4, -0.2) is 59.1 Å². The summed E-state index contributed by atoms with van der Waals surface area (Å²) < 4.78 is 42.3. The zero-order valence-corrected chi connectivity index (χ0v) is 19.6. The first-order valence-corrected chi connectivity index (χ1v) is 12.0. The van der Waals surface area contributed by atoms with E-state index < -0.39 is 18.1 Å². The van der Waals surface area contributed by atoms with Gasteiger partial charge in [-0.2, -0.15) is 13.2 Å². The van der Waals surface area contributed by atoms with Gasteiger partial charge in [-0.05, 0) is 48.4 Å². The largest absolute Gasteiger partial charge is 0.414 e. The maximum atomic E-state index is 14.1. The second-order valence-corrected chi connectivity index (χ2v) is 10.5. The van der Waals surface area contributed by atoms with Crippen molar-refractivity contribution < 1.29 is 18.0 Å². The summed E-state index contributed by atoms with van der Waals surface area (Å²) in [7, 11) is 0. The fourth-order valence-corrected chi connectivity index (χ4v) is 5.41. The monoisotopic (exact) mass is 472 g/mol. The highest BCUT2D eigenvalue weighted by Gasteiger charge is 2.49. The van der Waals surface area contributed by atoms with Crippen LogP contribution in [0.5, 0.6) is 0 Å². The summed E-state index contributed by atoms with van der Waals surface area (Å²) >= 11 is 0. The molecule has 2 fully saturated rings. The molecule has 3 aliphatic rings. The number of aromatic nitrogens is 1. The Hall–Kier alpha value is -2.61. The van der Waals surface area contributed by atoms with E-state index in [1.165, 1.54) is 23.4 Å². The van der Waals surface area contributed by atoms with Gasteiger partial charge >= 0.3 is 6.18 Å². The van der Waals surface area contributed by atoms with Gasteiger partial charge in [0.15, 0.2) is 6.04 Å². The van der Waals surface area contributed by atoms with Crippen molar-refractivity contribution in [3.05, 3.63) is 59.4 Å². The molecular weight excluding hydrogens is 441 g/mol. The lowest BCUT2D eigenvalue weighted by atomic mass is 9.83. The van der Waals surface area contributed by atoms with Gasteiger partial charge in [-0.3, -0.25) is 14.7 Å². The molecule has 1 aromatic heterocycles. The van der Waals surface area contributed by atoms with Crippen LogP contribution in [0.15, 0.2) is 42.6 Å². The predicted molar refractivity (Wildman–Crippen MR) is 124 cm³/mol. The molecular formula is C26H31F3N4O. The van der Waals surface area contributed by atoms with E-state index in [2.05, 4.69) is 36.3 Å². The van der Waals surface area contributed by atoms with Crippen molar-refractivity contribution in [1.29, 1.82) is 0 Å². The van der Waals surface area contributed by atoms with E-state index in [1.807, 2.05) is 17.0 Å². The van der Waals surface area contributed by atoms with Gasteiger partial charge in [-0.25, -0.2) is 0 Å². The van der Waals surface area contributed by atoms with Gasteiger partial charge < -0.3 is 10.2 Å². The summed E-state index contributed by atoms with van der Waals surface area (Å²) in [6, 6.07) is 9.44. The third-order valence-corrected chi connectivity index (χ3v) is 7.59. The first-order valence-electron chi connectivity index (χ1n) is 12.0. The van der Waals surface area contributed by atoms with Gasteiger partial charge in [0.1, 0.15) is 0 Å². The number of nitrogens with one attached hydrogen (secondary N) is 1. The van der Waals surface area contributed by atoms with Crippen molar-refractivity contribution in [2.24, 2.45) is 5.92 Å². The van der Waals surface area contributed by atoms with Crippen molar-refractivity contribution >= 4 is 11.6 Å². The molecule has 1 saturated heterocycles. The lowest BCUT2D eigenvalue weighted by Gasteiger charge is -2.39. The van der Waals surface area contributed by atoms with Crippen LogP contribution in [0.1, 0.15) is 49.6 Å². The minimum atomic E-state index is -4.59. The molecule has 1 N–H and O–H groups in total. The number of carbonyl (C=O) groups is 1. The van der Waals surface area contributed by atoms with E-state index >= 15 is 0 Å². The zero-order chi connectivity index (χ0) is 24.1. The Morgan fingerprint density at radius 3 is 2.53 bits per heavy atom. The SMILES string of the molecule is CC1(C)c2ccccc2CC1Nc1ccc(C(N2CCN(CC3CC3)CC2=O)C(F)(F)F)nc1. The average Bonchev–Trinajstić information content (AvgIpc) is 3.55. The third kappa shape index (κ3) is 4.52. The first-order chi connectivity index (χ1) is 16.1. The molecule has 2 aromatic rings. The molecule has 0 bridgehead atoms. The molecule has 0 radical (unpaired) electrons. The van der Waals surface area contributed by atoms with Crippen LogP contribution >= 0.6 is 0 Å². The maximum absolute atomic E-state index is 14.1. The normalized spacial score (nSPS) is 23.6. The van der Waals surface area contributed by atoms with Crippen LogP contribution in [0.25, 0.3) is 0 Å². The zero-order valence-electron chi connectivity index (χ0n) is 19.6. The number of benzene rings is 1. The number of piperazine rings is 1. The standard InChI is InChI=1S/C26H31F3N4O/c1-25(2)20-6-4-3-5-18(20)13-22(25)31-19-9-10-21(30-14-19)24(26(27,28)29)33-12-11-32(16-23(33)34)15-17-7-8-17/h3-6,9-10,14,17,22,24,31H,7-8,11-13,15-16H2,1-2H3. The molecule has 8 heteroatoms. The number of hydrogen-bond donors (Lipinski definition) is 1. The first kappa shape index (κ1) is 23.1. The Kier molecular flexibility index (Phi) is 5.82. The molecule has 2 unspecified atom stereocenters. The smallest absolute Gasteiger partial charge is 0.380 e. The Bertz CT molecular complexity index is 1050. The van der Waals surface area contributed by atoms with E-state index in [-0.39, 0.29) is 30.2 Å². The number of amides is 1. The highest BCUT2D eigenvalue weighted by Crippen LogP contribution is 2.41. The summed E-state index contributed by atoms with van der Waals surface area (Å²) in [5.74, 6) is 0.112. The average molecular weight is 473 g/mol. The van der Waals surface area contributed by atoms with Crippen LogP contribution in [-0.2, 0) is 16.6 Å². The van der Waals surface area contributed by atoms with Crippen molar-refractivity contribution in [2.75, 3.05) is 31.5 Å². The molecule has 5 rings (SSSR count). The van der Waals surface area contributed by atoms with Crippen molar-refractivity contribution in [3.8, 4) is 0 Å². The van der Waals surface area contributed by atoms with E-state index in [1.54, 1.807) is 6.07 Å². The molecule has 2 aliphatic carbocycles. The van der Waals surface area contributed by atoms with Crippen LogP contribution in [0.3, 0.4) is 0 Å². The number of hydrogen-bond acceptors (Lipinski definition) is 4. The molecule has 5 nitrogen and oxygen atoms in total. The highest BCUT2D eigenvalue weighted by molar-refractivity contribution is 5.79. The van der Waals surface area contributed by atoms with Crippen LogP contribution in [0, 0.1) is 5.92 Å². The number of nitrogens with zero attached hydrogens (tertiary/aromatic N) is 3. The molecule has 1 aromatic carbocycles. The van der Waals surface area contributed by atoms with Gasteiger partial charge in [0.05, 0.1) is 24.1 Å². The molecule has 0 spiro atoms. The quantitative estimate of drug-likeness (QED) is 0.670. The van der Waals surface area contributed by atoms with E-state index in [4.69, 9.17) is 0 Å². The lowest BCUT2D eigenvalue weighted by Crippen LogP contribution is -2.54. The van der Waals surface area contributed by atoms with Crippen molar-refractivity contribution in [3.63, 3.8) is 0 Å².